The molecule has 0 aromatic carbocycles. The number of carbonyl (C=O) groups excluding carboxylic acids is 1. The molecular formula is C10H9ClN4O7S. The number of aliphatic imine (C=N–C) groups is 3. The normalized spacial score (nSPS) is 45.1. The Morgan fingerprint density at radius 2 is 2.17 bits per heavy atom. The average Bonchev–Trinajstić information content (AvgIpc) is 3.10. The Kier molecular flexibility index (Phi) is 3.39. The predicted octanol–water partition coefficient (Wildman–Crippen LogP) is -1.73. The summed E-state index contributed by atoms with van der Waals surface area (Å²) in [7, 11) is 0. The summed E-state index contributed by atoms with van der Waals surface area (Å²) in [6.07, 6.45) is -2.71. The predicted molar refractivity (Wildman–Crippen MR) is 75.0 cm³/mol. The standard InChI is InChI=1S/C10H9ClN4O7S/c11-10(18)6-7(12-2-13-10)15(9(17)14-6)8-5-4(3(1-16)20-8)21-23(19)22-5/h2-5,8,16,18H,1H2/t3-,4-,5-,8-,10?,23?/m1/s1. The maximum Gasteiger partial charge on any atom is 0.352 e. The van der Waals surface area contributed by atoms with Crippen LogP contribution < -0.4 is 0 Å². The van der Waals surface area contributed by atoms with Gasteiger partial charge in [0.1, 0.15) is 18.5 Å². The Morgan fingerprint density at radius 3 is 2.91 bits per heavy atom. The highest BCUT2D eigenvalue weighted by atomic mass is 35.5. The lowest BCUT2D eigenvalue weighted by atomic mass is 10.1. The molecule has 23 heavy (non-hydrogen) atoms. The SMILES string of the molecule is O=C1N=C2C(=NC=NC2(O)Cl)N1[C@@H]1O[C@H](CO)[C@H]2OS(=O)O[C@H]21. The van der Waals surface area contributed by atoms with E-state index in [4.69, 9.17) is 24.7 Å². The third-order valence-electron chi connectivity index (χ3n) is 3.66. The van der Waals surface area contributed by atoms with Gasteiger partial charge in [-0.3, -0.25) is 8.37 Å². The molecule has 6 atom stereocenters. The highest BCUT2D eigenvalue weighted by Crippen LogP contribution is 2.37. The van der Waals surface area contributed by atoms with E-state index in [1.807, 2.05) is 0 Å². The van der Waals surface area contributed by atoms with Crippen molar-refractivity contribution in [3.05, 3.63) is 0 Å². The molecule has 2 N–H and O–H groups in total. The fourth-order valence-corrected chi connectivity index (χ4v) is 3.69. The van der Waals surface area contributed by atoms with Crippen LogP contribution in [0.2, 0.25) is 0 Å². The van der Waals surface area contributed by atoms with Gasteiger partial charge in [-0.15, -0.1) is 0 Å². The Morgan fingerprint density at radius 1 is 1.43 bits per heavy atom. The van der Waals surface area contributed by atoms with Gasteiger partial charge in [-0.25, -0.2) is 19.7 Å². The number of rotatable bonds is 2. The van der Waals surface area contributed by atoms with Crippen molar-refractivity contribution in [3.63, 3.8) is 0 Å². The number of alkyl halides is 1. The van der Waals surface area contributed by atoms with Gasteiger partial charge in [0, 0.05) is 0 Å². The zero-order valence-corrected chi connectivity index (χ0v) is 12.7. The van der Waals surface area contributed by atoms with E-state index >= 15 is 0 Å². The van der Waals surface area contributed by atoms with Crippen LogP contribution in [0.3, 0.4) is 0 Å². The van der Waals surface area contributed by atoms with Crippen LogP contribution >= 0.6 is 11.6 Å². The summed E-state index contributed by atoms with van der Waals surface area (Å²) >= 11 is 3.76. The van der Waals surface area contributed by atoms with Crippen molar-refractivity contribution in [2.45, 2.75) is 29.7 Å². The van der Waals surface area contributed by atoms with Gasteiger partial charge < -0.3 is 14.9 Å². The number of urea groups is 1. The largest absolute Gasteiger partial charge is 0.394 e. The van der Waals surface area contributed by atoms with Gasteiger partial charge in [0.05, 0.1) is 6.61 Å². The number of amides is 2. The number of hydrogen-bond donors (Lipinski definition) is 2. The molecule has 0 radical (unpaired) electrons. The second-order valence-corrected chi connectivity index (χ2v) is 6.29. The third kappa shape index (κ3) is 2.18. The summed E-state index contributed by atoms with van der Waals surface area (Å²) in [5.41, 5.74) is -0.251. The molecule has 0 saturated carbocycles. The maximum atomic E-state index is 12.2. The molecule has 0 aromatic rings. The summed E-state index contributed by atoms with van der Waals surface area (Å²) < 4.78 is 27.1. The van der Waals surface area contributed by atoms with E-state index in [0.717, 1.165) is 11.2 Å². The Hall–Kier alpha value is -1.28. The number of aliphatic hydroxyl groups is 2. The van der Waals surface area contributed by atoms with Crippen LogP contribution in [0, 0.1) is 0 Å². The lowest BCUT2D eigenvalue weighted by Crippen LogP contribution is -2.51. The molecular weight excluding hydrogens is 356 g/mol. The topological polar surface area (TPSA) is 143 Å². The van der Waals surface area contributed by atoms with E-state index in [-0.39, 0.29) is 11.5 Å². The zero-order valence-electron chi connectivity index (χ0n) is 11.1. The van der Waals surface area contributed by atoms with E-state index in [1.165, 1.54) is 0 Å². The van der Waals surface area contributed by atoms with Crippen LogP contribution in [0.5, 0.6) is 0 Å². The van der Waals surface area contributed by atoms with E-state index in [2.05, 4.69) is 15.0 Å². The Bertz CT molecular complexity index is 695. The smallest absolute Gasteiger partial charge is 0.352 e. The van der Waals surface area contributed by atoms with E-state index in [1.54, 1.807) is 0 Å². The minimum Gasteiger partial charge on any atom is -0.394 e. The second-order valence-electron chi connectivity index (χ2n) is 4.97. The quantitative estimate of drug-likeness (QED) is 0.437. The molecule has 4 rings (SSSR count). The molecule has 2 amide bonds. The molecule has 0 bridgehead atoms. The molecule has 0 spiro atoms. The van der Waals surface area contributed by atoms with Crippen molar-refractivity contribution in [3.8, 4) is 0 Å². The minimum atomic E-state index is -2.22. The fourth-order valence-electron chi connectivity index (χ4n) is 2.68. The number of amidine groups is 1. The van der Waals surface area contributed by atoms with Crippen LogP contribution in [0.15, 0.2) is 15.0 Å². The molecule has 4 aliphatic rings. The van der Waals surface area contributed by atoms with Gasteiger partial charge in [0.25, 0.3) is 5.18 Å². The van der Waals surface area contributed by atoms with Crippen LogP contribution in [0.25, 0.3) is 0 Å². The Balaban J connectivity index is 1.69. The first kappa shape index (κ1) is 15.3. The van der Waals surface area contributed by atoms with Crippen molar-refractivity contribution in [1.29, 1.82) is 0 Å². The van der Waals surface area contributed by atoms with Crippen molar-refractivity contribution < 1.29 is 32.3 Å². The molecule has 4 heterocycles. The number of fused-ring (bicyclic) bond motifs is 2. The number of halogens is 1. The molecule has 2 fully saturated rings. The van der Waals surface area contributed by atoms with Crippen molar-refractivity contribution >= 4 is 46.9 Å². The first-order valence-electron chi connectivity index (χ1n) is 6.40. The Labute approximate surface area is 136 Å². The summed E-state index contributed by atoms with van der Waals surface area (Å²) in [6.45, 7) is -0.429. The summed E-state index contributed by atoms with van der Waals surface area (Å²) in [4.78, 5) is 24.2. The van der Waals surface area contributed by atoms with Crippen LogP contribution in [-0.4, -0.2) is 79.6 Å². The molecule has 13 heteroatoms. The molecule has 11 nitrogen and oxygen atoms in total. The van der Waals surface area contributed by atoms with Gasteiger partial charge >= 0.3 is 17.4 Å². The third-order valence-corrected chi connectivity index (χ3v) is 4.70. The molecule has 124 valence electrons. The lowest BCUT2D eigenvalue weighted by Gasteiger charge is -2.28. The number of hydrogen-bond acceptors (Lipinski definition) is 9. The number of ether oxygens (including phenoxy) is 1. The van der Waals surface area contributed by atoms with Gasteiger partial charge in [-0.2, -0.15) is 9.20 Å². The number of carbonyl (C=O) groups is 1. The van der Waals surface area contributed by atoms with Gasteiger partial charge in [0.2, 0.25) is 0 Å². The van der Waals surface area contributed by atoms with E-state index in [0.29, 0.717) is 0 Å². The van der Waals surface area contributed by atoms with Crippen LogP contribution in [-0.2, 0) is 24.5 Å². The fraction of sp³-hybridized carbons (Fsp3) is 0.600. The molecule has 4 aliphatic heterocycles. The molecule has 2 unspecified atom stereocenters. The second kappa shape index (κ2) is 5.11. The van der Waals surface area contributed by atoms with Gasteiger partial charge in [-0.1, -0.05) is 11.6 Å². The van der Waals surface area contributed by atoms with Crippen LogP contribution in [0.4, 0.5) is 4.79 Å². The van der Waals surface area contributed by atoms with Gasteiger partial charge in [0.15, 0.2) is 23.9 Å². The maximum absolute atomic E-state index is 12.2. The molecule has 0 aromatic heterocycles. The average molecular weight is 365 g/mol. The van der Waals surface area contributed by atoms with Crippen molar-refractivity contribution in [2.24, 2.45) is 15.0 Å². The molecule has 2 saturated heterocycles. The lowest BCUT2D eigenvalue weighted by molar-refractivity contribution is -0.0574. The van der Waals surface area contributed by atoms with E-state index < -0.39 is 53.7 Å². The van der Waals surface area contributed by atoms with Crippen molar-refractivity contribution in [2.75, 3.05) is 6.61 Å². The van der Waals surface area contributed by atoms with Crippen LogP contribution in [0.1, 0.15) is 0 Å². The first-order valence-corrected chi connectivity index (χ1v) is 7.78. The highest BCUT2D eigenvalue weighted by Gasteiger charge is 2.59. The first-order chi connectivity index (χ1) is 10.9. The number of nitrogens with zero attached hydrogens (tertiary/aromatic N) is 4. The number of aliphatic hydroxyl groups excluding tert-OH is 1. The monoisotopic (exact) mass is 364 g/mol. The summed E-state index contributed by atoms with van der Waals surface area (Å²) in [5, 5.41) is 17.1. The van der Waals surface area contributed by atoms with Gasteiger partial charge in [-0.05, 0) is 0 Å². The zero-order chi connectivity index (χ0) is 16.4. The summed E-state index contributed by atoms with van der Waals surface area (Å²) in [5.74, 6) is -0.0638. The van der Waals surface area contributed by atoms with E-state index in [9.17, 15) is 19.2 Å². The highest BCUT2D eigenvalue weighted by molar-refractivity contribution is 7.75. The minimum absolute atomic E-state index is 0.0638. The molecule has 0 aliphatic carbocycles. The van der Waals surface area contributed by atoms with Crippen molar-refractivity contribution in [1.82, 2.24) is 4.90 Å². The summed E-state index contributed by atoms with van der Waals surface area (Å²) in [6, 6.07) is -0.813.